The van der Waals surface area contributed by atoms with Gasteiger partial charge in [0.25, 0.3) is 0 Å². The van der Waals surface area contributed by atoms with Crippen molar-refractivity contribution in [3.8, 4) is 0 Å². The van der Waals surface area contributed by atoms with Gasteiger partial charge in [0.15, 0.2) is 0 Å². The van der Waals surface area contributed by atoms with Gasteiger partial charge in [-0.2, -0.15) is 8.42 Å². The number of nitrogens with zero attached hydrogens (tertiary/aromatic N) is 1. The number of thioether (sulfide) groups is 1. The molecular formula is C15H20N2O8S2. The van der Waals surface area contributed by atoms with Gasteiger partial charge in [0, 0.05) is 24.4 Å². The average molecular weight is 420 g/mol. The molecule has 0 saturated carbocycles. The van der Waals surface area contributed by atoms with Crippen LogP contribution in [0, 0.1) is 5.92 Å². The second-order valence-electron chi connectivity index (χ2n) is 5.71. The van der Waals surface area contributed by atoms with Crippen LogP contribution in [-0.4, -0.2) is 55.5 Å². The Bertz CT molecular complexity index is 790. The van der Waals surface area contributed by atoms with Crippen LogP contribution in [0.15, 0.2) is 22.2 Å². The topological polar surface area (TPSA) is 139 Å². The first-order valence-corrected chi connectivity index (χ1v) is 10.3. The Morgan fingerprint density at radius 2 is 2.11 bits per heavy atom. The molecule has 0 unspecified atom stereocenters. The Hall–Kier alpha value is -1.89. The lowest BCUT2D eigenvalue weighted by molar-refractivity contribution is -0.155. The molecule has 0 radical (unpaired) electrons. The molecule has 2 aliphatic rings. The highest BCUT2D eigenvalue weighted by atomic mass is 32.3. The van der Waals surface area contributed by atoms with Crippen LogP contribution < -0.4 is 5.32 Å². The molecule has 2 atom stereocenters. The summed E-state index contributed by atoms with van der Waals surface area (Å²) in [5.41, 5.74) is -0.0819. The molecule has 0 aromatic heterocycles. The first kappa shape index (κ1) is 21.4. The lowest BCUT2D eigenvalue weighted by Crippen LogP contribution is -2.58. The standard InChI is InChI=1S/C15H20N2O8S2/c1-3-24-27(22,23)25-6-4-10-11-8-12(26-7-5-16-9(2)18)13(15(20)21)17(11)14(10)19/h5,7,10-11H,3-4,6,8H2,1-2H3,(H,16,18)(H,20,21)/b7-5+/t10-,11-/m1/s1. The number of fused-ring (bicyclic) bond motifs is 1. The summed E-state index contributed by atoms with van der Waals surface area (Å²) in [6.45, 7) is 2.57. The molecule has 1 saturated heterocycles. The van der Waals surface area contributed by atoms with Gasteiger partial charge in [-0.05, 0) is 18.8 Å². The van der Waals surface area contributed by atoms with Crippen LogP contribution in [0.1, 0.15) is 26.7 Å². The van der Waals surface area contributed by atoms with Gasteiger partial charge in [0.05, 0.1) is 25.2 Å². The van der Waals surface area contributed by atoms with E-state index >= 15 is 0 Å². The molecule has 2 N–H and O–H groups in total. The first-order chi connectivity index (χ1) is 12.7. The highest BCUT2D eigenvalue weighted by Gasteiger charge is 2.54. The predicted molar refractivity (Wildman–Crippen MR) is 95.1 cm³/mol. The number of rotatable bonds is 10. The molecule has 2 aliphatic heterocycles. The van der Waals surface area contributed by atoms with E-state index in [1.807, 2.05) is 0 Å². The van der Waals surface area contributed by atoms with Gasteiger partial charge in [0.2, 0.25) is 11.8 Å². The van der Waals surface area contributed by atoms with E-state index in [2.05, 4.69) is 13.7 Å². The van der Waals surface area contributed by atoms with Crippen molar-refractivity contribution in [3.63, 3.8) is 0 Å². The van der Waals surface area contributed by atoms with Crippen LogP contribution in [0.4, 0.5) is 0 Å². The minimum absolute atomic E-state index is 0.0560. The monoisotopic (exact) mass is 420 g/mol. The zero-order valence-electron chi connectivity index (χ0n) is 14.7. The molecule has 0 aromatic rings. The highest BCUT2D eigenvalue weighted by Crippen LogP contribution is 2.47. The summed E-state index contributed by atoms with van der Waals surface area (Å²) in [6, 6.07) is -0.348. The van der Waals surface area contributed by atoms with Crippen molar-refractivity contribution < 1.29 is 36.3 Å². The van der Waals surface area contributed by atoms with E-state index in [1.54, 1.807) is 0 Å². The SMILES string of the molecule is CCOS(=O)(=O)OCC[C@H]1C(=O)N2C(C(=O)O)=C(S/C=C/NC(C)=O)C[C@H]12. The summed E-state index contributed by atoms with van der Waals surface area (Å²) in [5, 5.41) is 13.4. The summed E-state index contributed by atoms with van der Waals surface area (Å²) in [5.74, 6) is -2.37. The van der Waals surface area contributed by atoms with Gasteiger partial charge in [0.1, 0.15) is 5.70 Å². The first-order valence-electron chi connectivity index (χ1n) is 8.10. The summed E-state index contributed by atoms with van der Waals surface area (Å²) < 4.78 is 31.8. The molecule has 0 spiro atoms. The van der Waals surface area contributed by atoms with E-state index in [1.165, 1.54) is 30.4 Å². The normalized spacial score (nSPS) is 22.1. The molecule has 150 valence electrons. The third-order valence-electron chi connectivity index (χ3n) is 3.94. The Morgan fingerprint density at radius 1 is 1.41 bits per heavy atom. The number of nitrogens with one attached hydrogen (secondary N) is 1. The molecule has 2 heterocycles. The molecule has 27 heavy (non-hydrogen) atoms. The molecule has 0 aliphatic carbocycles. The van der Waals surface area contributed by atoms with Gasteiger partial charge in [-0.1, -0.05) is 11.8 Å². The summed E-state index contributed by atoms with van der Waals surface area (Å²) in [6.07, 6.45) is 1.87. The van der Waals surface area contributed by atoms with Gasteiger partial charge < -0.3 is 15.3 Å². The molecule has 2 amide bonds. The van der Waals surface area contributed by atoms with Crippen LogP contribution in [-0.2, 0) is 33.1 Å². The number of carboxylic acid groups (broad SMARTS) is 1. The average Bonchev–Trinajstić information content (AvgIpc) is 2.90. The van der Waals surface area contributed by atoms with Crippen molar-refractivity contribution in [3.05, 3.63) is 22.2 Å². The van der Waals surface area contributed by atoms with Crippen molar-refractivity contribution in [2.24, 2.45) is 5.92 Å². The molecule has 12 heteroatoms. The second kappa shape index (κ2) is 8.87. The fourth-order valence-electron chi connectivity index (χ4n) is 2.90. The minimum atomic E-state index is -4.09. The number of hydrogen-bond acceptors (Lipinski definition) is 8. The van der Waals surface area contributed by atoms with E-state index in [4.69, 9.17) is 0 Å². The van der Waals surface area contributed by atoms with Crippen LogP contribution >= 0.6 is 11.8 Å². The van der Waals surface area contributed by atoms with E-state index in [0.717, 1.165) is 11.8 Å². The second-order valence-corrected chi connectivity index (χ2v) is 8.00. The third kappa shape index (κ3) is 5.09. The molecule has 1 fully saturated rings. The number of carbonyl (C=O) groups is 3. The Morgan fingerprint density at radius 3 is 2.70 bits per heavy atom. The van der Waals surface area contributed by atoms with Crippen LogP contribution in [0.25, 0.3) is 0 Å². The lowest BCUT2D eigenvalue weighted by atomic mass is 9.85. The smallest absolute Gasteiger partial charge is 0.399 e. The molecule has 0 bridgehead atoms. The number of carbonyl (C=O) groups excluding carboxylic acids is 2. The minimum Gasteiger partial charge on any atom is -0.477 e. The van der Waals surface area contributed by atoms with E-state index in [-0.39, 0.29) is 43.2 Å². The van der Waals surface area contributed by atoms with Gasteiger partial charge in [-0.25, -0.2) is 13.2 Å². The van der Waals surface area contributed by atoms with Crippen LogP contribution in [0.5, 0.6) is 0 Å². The highest BCUT2D eigenvalue weighted by molar-refractivity contribution is 8.05. The van der Waals surface area contributed by atoms with Gasteiger partial charge >= 0.3 is 16.4 Å². The molecular weight excluding hydrogens is 400 g/mol. The van der Waals surface area contributed by atoms with E-state index < -0.39 is 22.3 Å². The lowest BCUT2D eigenvalue weighted by Gasteiger charge is -2.43. The van der Waals surface area contributed by atoms with Gasteiger partial charge in [-0.15, -0.1) is 0 Å². The third-order valence-corrected chi connectivity index (χ3v) is 5.83. The van der Waals surface area contributed by atoms with Crippen LogP contribution in [0.2, 0.25) is 0 Å². The summed E-state index contributed by atoms with van der Waals surface area (Å²) in [7, 11) is -4.09. The largest absolute Gasteiger partial charge is 0.477 e. The van der Waals surface area contributed by atoms with Crippen molar-refractivity contribution in [1.82, 2.24) is 10.2 Å². The molecule has 0 aromatic carbocycles. The quantitative estimate of drug-likeness (QED) is 0.485. The van der Waals surface area contributed by atoms with Crippen molar-refractivity contribution >= 4 is 39.9 Å². The Kier molecular flexibility index (Phi) is 7.03. The molecule has 10 nitrogen and oxygen atoms in total. The summed E-state index contributed by atoms with van der Waals surface area (Å²) >= 11 is 1.11. The van der Waals surface area contributed by atoms with E-state index in [9.17, 15) is 27.9 Å². The zero-order valence-corrected chi connectivity index (χ0v) is 16.3. The Labute approximate surface area is 160 Å². The number of hydrogen-bond donors (Lipinski definition) is 2. The number of carboxylic acids is 1. The maximum absolute atomic E-state index is 12.3. The fourth-order valence-corrected chi connectivity index (χ4v) is 4.42. The van der Waals surface area contributed by atoms with Crippen LogP contribution in [0.3, 0.4) is 0 Å². The maximum Gasteiger partial charge on any atom is 0.399 e. The van der Waals surface area contributed by atoms with Crippen molar-refractivity contribution in [2.45, 2.75) is 32.7 Å². The Balaban J connectivity index is 1.97. The number of amides is 2. The molecule has 2 rings (SSSR count). The summed E-state index contributed by atoms with van der Waals surface area (Å²) in [4.78, 5) is 36.4. The fraction of sp³-hybridized carbons (Fsp3) is 0.533. The number of aliphatic carboxylic acids is 1. The predicted octanol–water partition coefficient (Wildman–Crippen LogP) is 0.542. The van der Waals surface area contributed by atoms with Crippen molar-refractivity contribution in [1.29, 1.82) is 0 Å². The maximum atomic E-state index is 12.3. The van der Waals surface area contributed by atoms with E-state index in [0.29, 0.717) is 11.3 Å². The number of β-lactam (4-membered cyclic amide) rings is 1. The zero-order chi connectivity index (χ0) is 20.2. The van der Waals surface area contributed by atoms with Gasteiger partial charge in [-0.3, -0.25) is 9.59 Å². The van der Waals surface area contributed by atoms with Crippen molar-refractivity contribution in [2.75, 3.05) is 13.2 Å².